The number of amides is 1. The van der Waals surface area contributed by atoms with Crippen molar-refractivity contribution >= 4 is 52.9 Å². The van der Waals surface area contributed by atoms with Gasteiger partial charge in [0.25, 0.3) is 5.91 Å². The lowest BCUT2D eigenvalue weighted by molar-refractivity contribution is -0.138. The lowest BCUT2D eigenvalue weighted by Crippen LogP contribution is -2.34. The van der Waals surface area contributed by atoms with Gasteiger partial charge < -0.3 is 19.1 Å². The number of terminal acetylenes is 1. The molecule has 1 aromatic heterocycles. The van der Waals surface area contributed by atoms with Crippen LogP contribution in [0.5, 0.6) is 0 Å². The molecule has 9 nitrogen and oxygen atoms in total. The Morgan fingerprint density at radius 1 is 1.07 bits per heavy atom. The number of benzene rings is 1. The first-order chi connectivity index (χ1) is 19.2. The van der Waals surface area contributed by atoms with E-state index in [4.69, 9.17) is 27.5 Å². The number of halogens is 2. The quantitative estimate of drug-likeness (QED) is 0.171. The van der Waals surface area contributed by atoms with Gasteiger partial charge in [0.2, 0.25) is 0 Å². The van der Waals surface area contributed by atoms with Gasteiger partial charge in [-0.15, -0.1) is 18.2 Å². The summed E-state index contributed by atoms with van der Waals surface area (Å²) in [5.74, 6) is -1.20. The summed E-state index contributed by atoms with van der Waals surface area (Å²) in [6.45, 7) is -0.474. The second kappa shape index (κ2) is 14.5. The van der Waals surface area contributed by atoms with E-state index in [0.717, 1.165) is 22.7 Å². The summed E-state index contributed by atoms with van der Waals surface area (Å²) >= 11 is 7.25. The summed E-state index contributed by atoms with van der Waals surface area (Å²) in [4.78, 5) is 56.1. The third-order valence-electron chi connectivity index (χ3n) is 5.93. The van der Waals surface area contributed by atoms with Gasteiger partial charge in [0.1, 0.15) is 5.82 Å². The first kappa shape index (κ1) is 30.7. The molecule has 0 saturated carbocycles. The van der Waals surface area contributed by atoms with Crippen LogP contribution in [0.2, 0.25) is 5.02 Å². The van der Waals surface area contributed by atoms with E-state index >= 15 is 4.39 Å². The number of thioether (sulfide) groups is 1. The number of hydrogen-bond donors (Lipinski definition) is 0. The molecule has 0 saturated heterocycles. The van der Waals surface area contributed by atoms with Crippen LogP contribution in [-0.2, 0) is 35.1 Å². The molecule has 1 amide bonds. The van der Waals surface area contributed by atoms with Gasteiger partial charge >= 0.3 is 17.9 Å². The molecule has 40 heavy (non-hydrogen) atoms. The van der Waals surface area contributed by atoms with Crippen LogP contribution in [0.3, 0.4) is 0 Å². The smallest absolute Gasteiger partial charge is 0.339 e. The maximum Gasteiger partial charge on any atom is 0.339 e. The highest BCUT2D eigenvalue weighted by Gasteiger charge is 2.31. The first-order valence-corrected chi connectivity index (χ1v) is 13.4. The molecule has 0 aliphatic heterocycles. The lowest BCUT2D eigenvalue weighted by atomic mass is 9.90. The Hall–Kier alpha value is -3.88. The van der Waals surface area contributed by atoms with Crippen LogP contribution in [0.15, 0.2) is 46.6 Å². The molecule has 1 aliphatic rings. The van der Waals surface area contributed by atoms with Gasteiger partial charge in [-0.3, -0.25) is 14.6 Å². The summed E-state index contributed by atoms with van der Waals surface area (Å²) in [6.07, 6.45) is 9.77. The third-order valence-corrected chi connectivity index (χ3v) is 7.38. The Bertz CT molecular complexity index is 1390. The third kappa shape index (κ3) is 7.61. The highest BCUT2D eigenvalue weighted by molar-refractivity contribution is 8.00. The number of ether oxygens (including phenoxy) is 3. The van der Waals surface area contributed by atoms with E-state index in [9.17, 15) is 19.2 Å². The summed E-state index contributed by atoms with van der Waals surface area (Å²) in [5, 5.41) is 0.0346. The molecule has 0 spiro atoms. The Kier molecular flexibility index (Phi) is 11.1. The summed E-state index contributed by atoms with van der Waals surface area (Å²) in [7, 11) is 2.46. The van der Waals surface area contributed by atoms with Crippen molar-refractivity contribution < 1.29 is 37.8 Å². The van der Waals surface area contributed by atoms with Crippen molar-refractivity contribution in [3.8, 4) is 12.3 Å². The van der Waals surface area contributed by atoms with Crippen LogP contribution < -0.4 is 4.90 Å². The molecule has 0 N–H and O–H groups in total. The zero-order chi connectivity index (χ0) is 29.2. The van der Waals surface area contributed by atoms with Crippen molar-refractivity contribution in [1.82, 2.24) is 4.98 Å². The molecule has 0 unspecified atom stereocenters. The first-order valence-electron chi connectivity index (χ1n) is 12.1. The summed E-state index contributed by atoms with van der Waals surface area (Å²) in [5.41, 5.74) is 0.715. The molecular weight excluding hydrogens is 563 g/mol. The largest absolute Gasteiger partial charge is 0.468 e. The normalized spacial score (nSPS) is 12.8. The minimum atomic E-state index is -0.814. The van der Waals surface area contributed by atoms with Crippen molar-refractivity contribution in [2.75, 3.05) is 31.5 Å². The Morgan fingerprint density at radius 3 is 2.48 bits per heavy atom. The zero-order valence-electron chi connectivity index (χ0n) is 21.8. The number of esters is 3. The van der Waals surface area contributed by atoms with Crippen LogP contribution in [0.25, 0.3) is 0 Å². The second-order valence-corrected chi connectivity index (χ2v) is 9.93. The summed E-state index contributed by atoms with van der Waals surface area (Å²) < 4.78 is 30.0. The van der Waals surface area contributed by atoms with Gasteiger partial charge in [-0.25, -0.2) is 14.0 Å². The number of methoxy groups -OCH3 is 2. The van der Waals surface area contributed by atoms with E-state index < -0.39 is 29.6 Å². The van der Waals surface area contributed by atoms with Gasteiger partial charge in [0, 0.05) is 28.4 Å². The minimum absolute atomic E-state index is 0.0346. The zero-order valence-corrected chi connectivity index (χ0v) is 23.4. The molecule has 0 fully saturated rings. The Balaban J connectivity index is 2.12. The van der Waals surface area contributed by atoms with Crippen molar-refractivity contribution in [3.63, 3.8) is 0 Å². The average molecular weight is 589 g/mol. The highest BCUT2D eigenvalue weighted by atomic mass is 35.5. The number of nitrogens with zero attached hydrogens (tertiary/aromatic N) is 2. The number of carbonyl (C=O) groups is 4. The van der Waals surface area contributed by atoms with Gasteiger partial charge in [0.15, 0.2) is 6.61 Å². The van der Waals surface area contributed by atoms with Crippen LogP contribution in [0, 0.1) is 18.2 Å². The number of hydrogen-bond acceptors (Lipinski definition) is 9. The van der Waals surface area contributed by atoms with Crippen LogP contribution in [0.1, 0.15) is 41.6 Å². The van der Waals surface area contributed by atoms with Crippen LogP contribution in [0.4, 0.5) is 10.1 Å². The second-order valence-electron chi connectivity index (χ2n) is 8.51. The Labute approximate surface area is 240 Å². The van der Waals surface area contributed by atoms with Crippen molar-refractivity contribution in [1.29, 1.82) is 0 Å². The molecular formula is C28H26ClFN2O7S. The SMILES string of the molecule is C#CCOC(=O)C1=C(C(=O)N(Cc2cncc(C(=O)OC)c2)c2cc(SCC(=O)OC)c(Cl)cc2F)CCCC1. The number of aromatic nitrogens is 1. The van der Waals surface area contributed by atoms with Crippen molar-refractivity contribution in [3.05, 3.63) is 63.7 Å². The Morgan fingerprint density at radius 2 is 1.80 bits per heavy atom. The predicted molar refractivity (Wildman–Crippen MR) is 146 cm³/mol. The summed E-state index contributed by atoms with van der Waals surface area (Å²) in [6, 6.07) is 3.86. The standard InChI is InChI=1S/C28H26ClFN2O7S/c1-4-9-39-28(36)20-8-6-5-7-19(20)26(34)32(15-17-10-18(14-31-13-17)27(35)38-3)23-12-24(21(29)11-22(23)30)40-16-25(33)37-2/h1,10-14H,5-9,15-16H2,2-3H3. The molecule has 0 bridgehead atoms. The molecule has 0 atom stereocenters. The fraction of sp³-hybridized carbons (Fsp3) is 0.321. The number of rotatable bonds is 10. The van der Waals surface area contributed by atoms with Gasteiger partial charge in [-0.1, -0.05) is 17.5 Å². The molecule has 1 aliphatic carbocycles. The van der Waals surface area contributed by atoms with E-state index in [1.165, 1.54) is 38.7 Å². The predicted octanol–water partition coefficient (Wildman–Crippen LogP) is 4.51. The maximum absolute atomic E-state index is 15.5. The number of anilines is 1. The molecule has 0 radical (unpaired) electrons. The lowest BCUT2D eigenvalue weighted by Gasteiger charge is -2.28. The van der Waals surface area contributed by atoms with E-state index in [1.807, 2.05) is 0 Å². The van der Waals surface area contributed by atoms with Gasteiger partial charge in [0.05, 0.1) is 42.8 Å². The van der Waals surface area contributed by atoms with Gasteiger partial charge in [-0.2, -0.15) is 0 Å². The molecule has 1 aromatic carbocycles. The van der Waals surface area contributed by atoms with E-state index in [-0.39, 0.29) is 52.7 Å². The fourth-order valence-corrected chi connectivity index (χ4v) is 5.10. The molecule has 1 heterocycles. The van der Waals surface area contributed by atoms with Crippen LogP contribution >= 0.6 is 23.4 Å². The monoisotopic (exact) mass is 588 g/mol. The van der Waals surface area contributed by atoms with E-state index in [0.29, 0.717) is 29.7 Å². The maximum atomic E-state index is 15.5. The molecule has 12 heteroatoms. The topological polar surface area (TPSA) is 112 Å². The number of pyridine rings is 1. The minimum Gasteiger partial charge on any atom is -0.468 e. The number of carbonyl (C=O) groups excluding carboxylic acids is 4. The van der Waals surface area contributed by atoms with Crippen LogP contribution in [-0.4, -0.2) is 55.4 Å². The van der Waals surface area contributed by atoms with E-state index in [1.54, 1.807) is 0 Å². The molecule has 210 valence electrons. The molecule has 2 aromatic rings. The van der Waals surface area contributed by atoms with E-state index in [2.05, 4.69) is 15.6 Å². The van der Waals surface area contributed by atoms with Gasteiger partial charge in [-0.05, 0) is 49.4 Å². The van der Waals surface area contributed by atoms with Crippen molar-refractivity contribution in [2.24, 2.45) is 0 Å². The fourth-order valence-electron chi connectivity index (χ4n) is 4.01. The van der Waals surface area contributed by atoms with Crippen molar-refractivity contribution in [2.45, 2.75) is 37.1 Å². The highest BCUT2D eigenvalue weighted by Crippen LogP contribution is 2.36. The molecule has 3 rings (SSSR count). The average Bonchev–Trinajstić information content (AvgIpc) is 2.97.